The summed E-state index contributed by atoms with van der Waals surface area (Å²) in [4.78, 5) is 0. The van der Waals surface area contributed by atoms with Gasteiger partial charge in [-0.15, -0.1) is 0 Å². The Balaban J connectivity index is 3.76. The van der Waals surface area contributed by atoms with Crippen molar-refractivity contribution in [2.75, 3.05) is 52.9 Å². The van der Waals surface area contributed by atoms with E-state index in [-0.39, 0.29) is 6.10 Å². The van der Waals surface area contributed by atoms with Crippen molar-refractivity contribution < 1.29 is 28.4 Å². The number of hydrogen-bond donors (Lipinski definition) is 0. The standard InChI is InChI=1S/C15H26O6/c1-4-16-7-9-19-13-15(21-12-11-18-6-3)14-20-10-8-17-5-2/h4-6,15H,1-3,7-14H2. The summed E-state index contributed by atoms with van der Waals surface area (Å²) in [5.74, 6) is 0. The second kappa shape index (κ2) is 16.6. The largest absolute Gasteiger partial charge is 0.499 e. The third-order valence-corrected chi connectivity index (χ3v) is 2.21. The highest BCUT2D eigenvalue weighted by molar-refractivity contribution is 4.57. The summed E-state index contributed by atoms with van der Waals surface area (Å²) in [6, 6.07) is 0. The van der Waals surface area contributed by atoms with Gasteiger partial charge in [0.25, 0.3) is 0 Å². The molecule has 6 heteroatoms. The Morgan fingerprint density at radius 2 is 1.05 bits per heavy atom. The van der Waals surface area contributed by atoms with E-state index >= 15 is 0 Å². The van der Waals surface area contributed by atoms with Gasteiger partial charge in [-0.2, -0.15) is 0 Å². The van der Waals surface area contributed by atoms with E-state index in [1.807, 2.05) is 0 Å². The Morgan fingerprint density at radius 3 is 1.48 bits per heavy atom. The molecule has 0 saturated heterocycles. The van der Waals surface area contributed by atoms with Gasteiger partial charge in [-0.3, -0.25) is 0 Å². The van der Waals surface area contributed by atoms with Crippen LogP contribution in [0, 0.1) is 0 Å². The first-order valence-corrected chi connectivity index (χ1v) is 6.79. The van der Waals surface area contributed by atoms with Gasteiger partial charge in [0, 0.05) is 0 Å². The zero-order valence-electron chi connectivity index (χ0n) is 12.5. The van der Waals surface area contributed by atoms with E-state index in [0.29, 0.717) is 52.9 Å². The van der Waals surface area contributed by atoms with Gasteiger partial charge in [0.1, 0.15) is 25.9 Å². The molecule has 0 heterocycles. The van der Waals surface area contributed by atoms with Gasteiger partial charge in [-0.25, -0.2) is 0 Å². The van der Waals surface area contributed by atoms with Gasteiger partial charge < -0.3 is 28.4 Å². The third kappa shape index (κ3) is 14.7. The van der Waals surface area contributed by atoms with Gasteiger partial charge >= 0.3 is 0 Å². The fourth-order valence-electron chi connectivity index (χ4n) is 1.30. The molecular formula is C15H26O6. The molecular weight excluding hydrogens is 276 g/mol. The molecule has 0 fully saturated rings. The topological polar surface area (TPSA) is 55.4 Å². The normalized spacial score (nSPS) is 10.1. The van der Waals surface area contributed by atoms with Crippen molar-refractivity contribution in [1.82, 2.24) is 0 Å². The van der Waals surface area contributed by atoms with Crippen LogP contribution in [0.3, 0.4) is 0 Å². The lowest BCUT2D eigenvalue weighted by atomic mass is 10.4. The van der Waals surface area contributed by atoms with Crippen LogP contribution in [-0.2, 0) is 28.4 Å². The molecule has 0 aliphatic rings. The molecule has 0 bridgehead atoms. The van der Waals surface area contributed by atoms with Gasteiger partial charge in [-0.05, 0) is 0 Å². The first-order chi connectivity index (χ1) is 10.3. The van der Waals surface area contributed by atoms with E-state index in [2.05, 4.69) is 19.7 Å². The van der Waals surface area contributed by atoms with Gasteiger partial charge in [0.05, 0.1) is 51.8 Å². The molecule has 0 spiro atoms. The van der Waals surface area contributed by atoms with Crippen LogP contribution in [0.25, 0.3) is 0 Å². The van der Waals surface area contributed by atoms with Gasteiger partial charge in [0.2, 0.25) is 0 Å². The molecule has 0 aliphatic carbocycles. The SMILES string of the molecule is C=COCCOCC(COCCOC=C)OCCOC=C. The van der Waals surface area contributed by atoms with Crippen molar-refractivity contribution >= 4 is 0 Å². The summed E-state index contributed by atoms with van der Waals surface area (Å²) >= 11 is 0. The minimum absolute atomic E-state index is 0.175. The van der Waals surface area contributed by atoms with E-state index in [1.165, 1.54) is 18.8 Å². The predicted octanol–water partition coefficient (Wildman–Crippen LogP) is 1.89. The molecule has 0 N–H and O–H groups in total. The lowest BCUT2D eigenvalue weighted by Crippen LogP contribution is -2.28. The number of ether oxygens (including phenoxy) is 6. The van der Waals surface area contributed by atoms with Crippen LogP contribution in [0.1, 0.15) is 0 Å². The van der Waals surface area contributed by atoms with Crippen molar-refractivity contribution in [3.05, 3.63) is 38.5 Å². The van der Waals surface area contributed by atoms with Crippen molar-refractivity contribution in [3.63, 3.8) is 0 Å². The monoisotopic (exact) mass is 302 g/mol. The minimum Gasteiger partial charge on any atom is -0.499 e. The second-order valence-electron chi connectivity index (χ2n) is 3.76. The second-order valence-corrected chi connectivity index (χ2v) is 3.76. The Bertz CT molecular complexity index is 239. The number of hydrogen-bond acceptors (Lipinski definition) is 6. The molecule has 0 saturated carbocycles. The van der Waals surface area contributed by atoms with Gasteiger partial charge in [-0.1, -0.05) is 19.7 Å². The van der Waals surface area contributed by atoms with E-state index < -0.39 is 0 Å². The summed E-state index contributed by atoms with van der Waals surface area (Å²) in [6.45, 7) is 13.9. The van der Waals surface area contributed by atoms with Crippen LogP contribution in [0.5, 0.6) is 0 Å². The summed E-state index contributed by atoms with van der Waals surface area (Å²) in [6.07, 6.45) is 3.97. The van der Waals surface area contributed by atoms with E-state index in [1.54, 1.807) is 0 Å². The van der Waals surface area contributed by atoms with Crippen molar-refractivity contribution in [3.8, 4) is 0 Å². The quantitative estimate of drug-likeness (QED) is 0.302. The highest BCUT2D eigenvalue weighted by Gasteiger charge is 2.10. The fourth-order valence-corrected chi connectivity index (χ4v) is 1.30. The van der Waals surface area contributed by atoms with Crippen LogP contribution in [0.15, 0.2) is 38.5 Å². The average molecular weight is 302 g/mol. The smallest absolute Gasteiger partial charge is 0.111 e. The zero-order valence-corrected chi connectivity index (χ0v) is 12.5. The summed E-state index contributed by atoms with van der Waals surface area (Å²) in [7, 11) is 0. The molecule has 21 heavy (non-hydrogen) atoms. The maximum absolute atomic E-state index is 5.61. The van der Waals surface area contributed by atoms with Gasteiger partial charge in [0.15, 0.2) is 0 Å². The van der Waals surface area contributed by atoms with Crippen LogP contribution in [0.2, 0.25) is 0 Å². The molecule has 0 aromatic carbocycles. The average Bonchev–Trinajstić information content (AvgIpc) is 2.50. The maximum atomic E-state index is 5.61. The third-order valence-electron chi connectivity index (χ3n) is 2.21. The molecule has 0 unspecified atom stereocenters. The van der Waals surface area contributed by atoms with Crippen LogP contribution < -0.4 is 0 Å². The molecule has 0 radical (unpaired) electrons. The molecule has 122 valence electrons. The molecule has 0 aromatic heterocycles. The first kappa shape index (κ1) is 19.5. The van der Waals surface area contributed by atoms with Crippen molar-refractivity contribution in [1.29, 1.82) is 0 Å². The lowest BCUT2D eigenvalue weighted by Gasteiger charge is -2.18. The van der Waals surface area contributed by atoms with E-state index in [9.17, 15) is 0 Å². The molecule has 6 nitrogen and oxygen atoms in total. The van der Waals surface area contributed by atoms with Crippen LogP contribution in [-0.4, -0.2) is 59.0 Å². The molecule has 0 amide bonds. The van der Waals surface area contributed by atoms with Crippen LogP contribution >= 0.6 is 0 Å². The highest BCUT2D eigenvalue weighted by atomic mass is 16.6. The summed E-state index contributed by atoms with van der Waals surface area (Å²) < 4.78 is 31.4. The predicted molar refractivity (Wildman–Crippen MR) is 79.8 cm³/mol. The Morgan fingerprint density at radius 1 is 0.619 bits per heavy atom. The highest BCUT2D eigenvalue weighted by Crippen LogP contribution is 1.97. The number of rotatable bonds is 17. The first-order valence-electron chi connectivity index (χ1n) is 6.79. The van der Waals surface area contributed by atoms with E-state index in [0.717, 1.165) is 0 Å². The molecule has 0 rings (SSSR count). The van der Waals surface area contributed by atoms with Crippen LogP contribution in [0.4, 0.5) is 0 Å². The summed E-state index contributed by atoms with van der Waals surface area (Å²) in [5, 5.41) is 0. The lowest BCUT2D eigenvalue weighted by molar-refractivity contribution is -0.0746. The fraction of sp³-hybridized carbons (Fsp3) is 0.600. The molecule has 0 aromatic rings. The van der Waals surface area contributed by atoms with Crippen molar-refractivity contribution in [2.45, 2.75) is 6.10 Å². The maximum Gasteiger partial charge on any atom is 0.111 e. The van der Waals surface area contributed by atoms with E-state index in [4.69, 9.17) is 28.4 Å². The molecule has 0 atom stereocenters. The Labute approximate surface area is 126 Å². The zero-order chi connectivity index (χ0) is 15.6. The summed E-state index contributed by atoms with van der Waals surface area (Å²) in [5.41, 5.74) is 0. The minimum atomic E-state index is -0.175. The Hall–Kier alpha value is -1.50. The molecule has 0 aliphatic heterocycles. The van der Waals surface area contributed by atoms with Crippen molar-refractivity contribution in [2.24, 2.45) is 0 Å². The Kier molecular flexibility index (Phi) is 15.4.